The van der Waals surface area contributed by atoms with Crippen LogP contribution in [-0.4, -0.2) is 32.6 Å². The van der Waals surface area contributed by atoms with Crippen molar-refractivity contribution in [3.8, 4) is 0 Å². The van der Waals surface area contributed by atoms with E-state index in [2.05, 4.69) is 10.1 Å². The number of hydrogen-bond donors (Lipinski definition) is 0. The molecule has 0 aliphatic rings. The molecule has 1 aromatic carbocycles. The molecule has 6 nitrogen and oxygen atoms in total. The highest BCUT2D eigenvalue weighted by molar-refractivity contribution is 7.18. The van der Waals surface area contributed by atoms with Crippen LogP contribution in [0.15, 0.2) is 41.2 Å². The number of carbonyl (C=O) groups is 1. The topological polar surface area (TPSA) is 68.1 Å². The van der Waals surface area contributed by atoms with Crippen molar-refractivity contribution in [3.05, 3.63) is 57.5 Å². The zero-order chi connectivity index (χ0) is 18.7. The Kier molecular flexibility index (Phi) is 5.46. The average Bonchev–Trinajstić information content (AvgIpc) is 3.09. The second-order valence-corrected chi connectivity index (χ2v) is 7.31. The minimum absolute atomic E-state index is 0.183. The second kappa shape index (κ2) is 7.78. The summed E-state index contributed by atoms with van der Waals surface area (Å²) in [7, 11) is 1.74. The molecule has 0 bridgehead atoms. The first-order chi connectivity index (χ1) is 12.5. The minimum Gasteiger partial charge on any atom is -0.331 e. The summed E-state index contributed by atoms with van der Waals surface area (Å²) in [4.78, 5) is 31.0. The Morgan fingerprint density at radius 1 is 1.27 bits per heavy atom. The summed E-state index contributed by atoms with van der Waals surface area (Å²) >= 11 is 1.58. The van der Waals surface area contributed by atoms with Crippen LogP contribution in [0.1, 0.15) is 48.2 Å². The number of para-hydroxylation sites is 1. The Morgan fingerprint density at radius 2 is 2.04 bits per heavy atom. The van der Waals surface area contributed by atoms with Crippen molar-refractivity contribution in [3.63, 3.8) is 0 Å². The number of nitrogens with zero attached hydrogens (tertiary/aromatic N) is 4. The molecule has 3 rings (SSSR count). The quantitative estimate of drug-likeness (QED) is 0.666. The van der Waals surface area contributed by atoms with Crippen LogP contribution in [0.4, 0.5) is 0 Å². The number of aryl methyl sites for hydroxylation is 1. The molecule has 7 heteroatoms. The summed E-state index contributed by atoms with van der Waals surface area (Å²) < 4.78 is 2.47. The van der Waals surface area contributed by atoms with Gasteiger partial charge < -0.3 is 4.90 Å². The van der Waals surface area contributed by atoms with E-state index in [1.54, 1.807) is 23.3 Å². The van der Waals surface area contributed by atoms with Gasteiger partial charge in [-0.25, -0.2) is 9.67 Å². The molecule has 26 heavy (non-hydrogen) atoms. The highest BCUT2D eigenvalue weighted by atomic mass is 32.1. The molecule has 0 N–H and O–H groups in total. The number of carbonyl (C=O) groups excluding carboxylic acids is 1. The highest BCUT2D eigenvalue weighted by Crippen LogP contribution is 2.29. The van der Waals surface area contributed by atoms with Gasteiger partial charge in [-0.15, -0.1) is 11.3 Å². The Balaban J connectivity index is 1.83. The summed E-state index contributed by atoms with van der Waals surface area (Å²) in [6, 6.07) is 10.6. The van der Waals surface area contributed by atoms with Crippen LogP contribution in [0, 0.1) is 0 Å². The summed E-state index contributed by atoms with van der Waals surface area (Å²) in [6.07, 6.45) is 1.81. The smallest absolute Gasteiger partial charge is 0.274 e. The van der Waals surface area contributed by atoms with Crippen molar-refractivity contribution >= 4 is 27.5 Å². The van der Waals surface area contributed by atoms with Crippen LogP contribution in [0.25, 0.3) is 10.2 Å². The van der Waals surface area contributed by atoms with Gasteiger partial charge in [0.05, 0.1) is 16.3 Å². The highest BCUT2D eigenvalue weighted by Gasteiger charge is 2.23. The lowest BCUT2D eigenvalue weighted by Gasteiger charge is -2.23. The predicted octanol–water partition coefficient (Wildman–Crippen LogP) is 3.49. The molecule has 0 aliphatic heterocycles. The van der Waals surface area contributed by atoms with Gasteiger partial charge in [0.1, 0.15) is 10.7 Å². The van der Waals surface area contributed by atoms with E-state index in [4.69, 9.17) is 0 Å². The number of aromatic nitrogens is 3. The van der Waals surface area contributed by atoms with Gasteiger partial charge in [-0.2, -0.15) is 5.10 Å². The summed E-state index contributed by atoms with van der Waals surface area (Å²) in [5.74, 6) is -0.220. The molecule has 1 atom stereocenters. The fourth-order valence-corrected chi connectivity index (χ4v) is 3.68. The lowest BCUT2D eigenvalue weighted by molar-refractivity contribution is 0.0733. The number of fused-ring (bicyclic) bond motifs is 1. The van der Waals surface area contributed by atoms with Crippen molar-refractivity contribution in [1.82, 2.24) is 19.7 Å². The molecule has 1 amide bonds. The monoisotopic (exact) mass is 370 g/mol. The third kappa shape index (κ3) is 3.67. The summed E-state index contributed by atoms with van der Waals surface area (Å²) in [5.41, 5.74) is 1.03. The van der Waals surface area contributed by atoms with Crippen LogP contribution in [0.3, 0.4) is 0 Å². The zero-order valence-electron chi connectivity index (χ0n) is 15.2. The zero-order valence-corrected chi connectivity index (χ0v) is 16.0. The summed E-state index contributed by atoms with van der Waals surface area (Å²) in [6.45, 7) is 4.52. The lowest BCUT2D eigenvalue weighted by atomic mass is 10.2. The third-order valence-corrected chi connectivity index (χ3v) is 5.58. The molecule has 3 aromatic rings. The normalized spacial score (nSPS) is 12.3. The molecule has 0 unspecified atom stereocenters. The Labute approximate surface area is 156 Å². The number of thiazole rings is 1. The third-order valence-electron chi connectivity index (χ3n) is 4.38. The van der Waals surface area contributed by atoms with E-state index < -0.39 is 0 Å². The number of rotatable bonds is 6. The van der Waals surface area contributed by atoms with E-state index in [9.17, 15) is 9.59 Å². The molecule has 2 heterocycles. The molecule has 0 spiro atoms. The first kappa shape index (κ1) is 18.3. The first-order valence-electron chi connectivity index (χ1n) is 8.72. The molecule has 0 fully saturated rings. The van der Waals surface area contributed by atoms with Crippen LogP contribution in [0.5, 0.6) is 0 Å². The maximum atomic E-state index is 12.8. The van der Waals surface area contributed by atoms with Gasteiger partial charge in [-0.3, -0.25) is 9.59 Å². The Bertz CT molecular complexity index is 946. The number of benzene rings is 1. The molecule has 2 aromatic heterocycles. The fraction of sp³-hybridized carbons (Fsp3) is 0.368. The fourth-order valence-electron chi connectivity index (χ4n) is 2.62. The number of hydrogen-bond acceptors (Lipinski definition) is 5. The van der Waals surface area contributed by atoms with Crippen molar-refractivity contribution < 1.29 is 4.79 Å². The van der Waals surface area contributed by atoms with E-state index in [-0.39, 0.29) is 23.2 Å². The lowest BCUT2D eigenvalue weighted by Crippen LogP contribution is -2.33. The van der Waals surface area contributed by atoms with Gasteiger partial charge in [0.2, 0.25) is 0 Å². The number of amides is 1. The minimum atomic E-state index is -0.220. The first-order valence-corrected chi connectivity index (χ1v) is 9.53. The largest absolute Gasteiger partial charge is 0.331 e. The summed E-state index contributed by atoms with van der Waals surface area (Å²) in [5, 5.41) is 5.12. The SMILES string of the molecule is CCCCn1nc(C(=O)N(C)[C@H](C)c2nc3ccccc3s2)ccc1=O. The molecule has 0 aliphatic carbocycles. The van der Waals surface area contributed by atoms with Gasteiger partial charge in [0, 0.05) is 19.7 Å². The van der Waals surface area contributed by atoms with E-state index in [1.807, 2.05) is 38.1 Å². The van der Waals surface area contributed by atoms with Crippen LogP contribution in [-0.2, 0) is 6.54 Å². The van der Waals surface area contributed by atoms with E-state index in [1.165, 1.54) is 16.8 Å². The molecule has 0 radical (unpaired) electrons. The Morgan fingerprint density at radius 3 is 2.77 bits per heavy atom. The van der Waals surface area contributed by atoms with Crippen LogP contribution >= 0.6 is 11.3 Å². The number of unbranched alkanes of at least 4 members (excludes halogenated alkanes) is 1. The van der Waals surface area contributed by atoms with Crippen molar-refractivity contribution in [1.29, 1.82) is 0 Å². The van der Waals surface area contributed by atoms with Gasteiger partial charge in [0.15, 0.2) is 0 Å². The van der Waals surface area contributed by atoms with Crippen molar-refractivity contribution in [2.45, 2.75) is 39.3 Å². The van der Waals surface area contributed by atoms with E-state index >= 15 is 0 Å². The van der Waals surface area contributed by atoms with Crippen molar-refractivity contribution in [2.24, 2.45) is 0 Å². The molecule has 0 saturated heterocycles. The standard InChI is InChI=1S/C19H22N4O2S/c1-4-5-12-23-17(24)11-10-15(21-23)19(25)22(3)13(2)18-20-14-8-6-7-9-16(14)26-18/h6-11,13H,4-5,12H2,1-3H3/t13-/m1/s1. The van der Waals surface area contributed by atoms with Gasteiger partial charge in [-0.1, -0.05) is 25.5 Å². The van der Waals surface area contributed by atoms with Gasteiger partial charge in [-0.05, 0) is 31.5 Å². The molecular weight excluding hydrogens is 348 g/mol. The van der Waals surface area contributed by atoms with Crippen molar-refractivity contribution in [2.75, 3.05) is 7.05 Å². The predicted molar refractivity (Wildman–Crippen MR) is 104 cm³/mol. The Hall–Kier alpha value is -2.54. The maximum absolute atomic E-state index is 12.8. The molecule has 0 saturated carbocycles. The van der Waals surface area contributed by atoms with E-state index in [0.29, 0.717) is 6.54 Å². The molecule has 136 valence electrons. The van der Waals surface area contributed by atoms with Crippen LogP contribution in [0.2, 0.25) is 0 Å². The van der Waals surface area contributed by atoms with Gasteiger partial charge in [0.25, 0.3) is 11.5 Å². The van der Waals surface area contributed by atoms with Crippen LogP contribution < -0.4 is 5.56 Å². The van der Waals surface area contributed by atoms with E-state index in [0.717, 1.165) is 28.1 Å². The maximum Gasteiger partial charge on any atom is 0.274 e. The van der Waals surface area contributed by atoms with Gasteiger partial charge >= 0.3 is 0 Å². The average molecular weight is 370 g/mol. The molecular formula is C19H22N4O2S. The second-order valence-electron chi connectivity index (χ2n) is 6.25.